The molecule has 0 unspecified atom stereocenters. The molecule has 2 rings (SSSR count). The highest BCUT2D eigenvalue weighted by atomic mass is 32.2. The van der Waals surface area contributed by atoms with Gasteiger partial charge in [-0.3, -0.25) is 4.79 Å². The lowest BCUT2D eigenvalue weighted by atomic mass is 10.2. The number of nitrogens with one attached hydrogen (secondary N) is 1. The third kappa shape index (κ3) is 4.46. The number of nitrogen functional groups attached to an aromatic ring is 1. The summed E-state index contributed by atoms with van der Waals surface area (Å²) in [4.78, 5) is 12.1. The Bertz CT molecular complexity index is 649. The Labute approximate surface area is 125 Å². The summed E-state index contributed by atoms with van der Waals surface area (Å²) in [5, 5.41) is 2.69. The molecule has 0 saturated carbocycles. The Morgan fingerprint density at radius 3 is 2.67 bits per heavy atom. The van der Waals surface area contributed by atoms with Gasteiger partial charge in [-0.2, -0.15) is 0 Å². The van der Waals surface area contributed by atoms with Gasteiger partial charge >= 0.3 is 0 Å². The Morgan fingerprint density at radius 2 is 1.95 bits per heavy atom. The summed E-state index contributed by atoms with van der Waals surface area (Å²) in [5.74, 6) is -1.05. The smallest absolute Gasteiger partial charge is 0.225 e. The van der Waals surface area contributed by atoms with Crippen LogP contribution in [0.15, 0.2) is 47.4 Å². The van der Waals surface area contributed by atoms with Gasteiger partial charge in [0, 0.05) is 23.1 Å². The summed E-state index contributed by atoms with van der Waals surface area (Å²) in [6, 6.07) is 10.3. The van der Waals surface area contributed by atoms with Crippen LogP contribution in [-0.4, -0.2) is 11.7 Å². The number of para-hydroxylation sites is 2. The normalized spacial score (nSPS) is 10.4. The first-order chi connectivity index (χ1) is 10.1. The monoisotopic (exact) mass is 308 g/mol. The summed E-state index contributed by atoms with van der Waals surface area (Å²) in [7, 11) is 0. The van der Waals surface area contributed by atoms with E-state index in [4.69, 9.17) is 5.73 Å². The number of hydrogen-bond acceptors (Lipinski definition) is 3. The molecular weight excluding hydrogens is 294 g/mol. The van der Waals surface area contributed by atoms with Crippen molar-refractivity contribution in [2.24, 2.45) is 0 Å². The molecule has 3 nitrogen and oxygen atoms in total. The maximum Gasteiger partial charge on any atom is 0.225 e. The first-order valence-corrected chi connectivity index (χ1v) is 7.27. The molecule has 2 aromatic carbocycles. The molecule has 0 aromatic heterocycles. The van der Waals surface area contributed by atoms with Gasteiger partial charge in [-0.25, -0.2) is 8.78 Å². The molecular formula is C15H14F2N2OS. The van der Waals surface area contributed by atoms with Crippen molar-refractivity contribution >= 4 is 29.0 Å². The van der Waals surface area contributed by atoms with Crippen molar-refractivity contribution in [2.75, 3.05) is 16.8 Å². The van der Waals surface area contributed by atoms with Crippen molar-refractivity contribution in [3.05, 3.63) is 54.1 Å². The molecule has 0 bridgehead atoms. The molecule has 0 atom stereocenters. The zero-order chi connectivity index (χ0) is 15.2. The number of hydrogen-bond donors (Lipinski definition) is 2. The van der Waals surface area contributed by atoms with Crippen molar-refractivity contribution in [3.8, 4) is 0 Å². The molecule has 3 N–H and O–H groups in total. The third-order valence-corrected chi connectivity index (χ3v) is 3.77. The van der Waals surface area contributed by atoms with Crippen molar-refractivity contribution in [1.82, 2.24) is 0 Å². The Morgan fingerprint density at radius 1 is 1.19 bits per heavy atom. The van der Waals surface area contributed by atoms with Crippen LogP contribution in [0.1, 0.15) is 6.42 Å². The van der Waals surface area contributed by atoms with Crippen molar-refractivity contribution in [3.63, 3.8) is 0 Å². The minimum atomic E-state index is -0.618. The van der Waals surface area contributed by atoms with Crippen molar-refractivity contribution in [1.29, 1.82) is 0 Å². The molecule has 0 saturated heterocycles. The summed E-state index contributed by atoms with van der Waals surface area (Å²) in [6.07, 6.45) is 0.204. The fourth-order valence-electron chi connectivity index (χ4n) is 1.67. The van der Waals surface area contributed by atoms with E-state index in [2.05, 4.69) is 5.32 Å². The second-order valence-corrected chi connectivity index (χ2v) is 5.45. The largest absolute Gasteiger partial charge is 0.397 e. The second kappa shape index (κ2) is 7.08. The van der Waals surface area contributed by atoms with E-state index in [1.165, 1.54) is 23.9 Å². The molecule has 21 heavy (non-hydrogen) atoms. The fraction of sp³-hybridized carbons (Fsp3) is 0.133. The molecule has 0 spiro atoms. The first kappa shape index (κ1) is 15.3. The summed E-state index contributed by atoms with van der Waals surface area (Å²) >= 11 is 1.17. The highest BCUT2D eigenvalue weighted by Crippen LogP contribution is 2.23. The maximum absolute atomic E-state index is 13.4. The zero-order valence-electron chi connectivity index (χ0n) is 11.1. The minimum absolute atomic E-state index is 0.204. The van der Waals surface area contributed by atoms with Crippen LogP contribution < -0.4 is 11.1 Å². The number of carbonyl (C=O) groups is 1. The molecule has 0 aliphatic heterocycles. The average Bonchev–Trinajstić information content (AvgIpc) is 2.44. The van der Waals surface area contributed by atoms with E-state index in [1.807, 2.05) is 0 Å². The molecule has 1 amide bonds. The van der Waals surface area contributed by atoms with E-state index in [0.717, 1.165) is 6.07 Å². The van der Waals surface area contributed by atoms with Crippen LogP contribution in [0.4, 0.5) is 20.2 Å². The predicted molar refractivity (Wildman–Crippen MR) is 81.2 cm³/mol. The van der Waals surface area contributed by atoms with Gasteiger partial charge in [0.1, 0.15) is 11.6 Å². The lowest BCUT2D eigenvalue weighted by Crippen LogP contribution is -2.13. The maximum atomic E-state index is 13.4. The Hall–Kier alpha value is -2.08. The highest BCUT2D eigenvalue weighted by Gasteiger charge is 2.07. The van der Waals surface area contributed by atoms with E-state index in [-0.39, 0.29) is 12.3 Å². The first-order valence-electron chi connectivity index (χ1n) is 6.28. The second-order valence-electron chi connectivity index (χ2n) is 4.31. The van der Waals surface area contributed by atoms with E-state index in [9.17, 15) is 13.6 Å². The predicted octanol–water partition coefficient (Wildman–Crippen LogP) is 3.67. The average molecular weight is 308 g/mol. The van der Waals surface area contributed by atoms with E-state index < -0.39 is 11.6 Å². The van der Waals surface area contributed by atoms with E-state index >= 15 is 0 Å². The fourth-order valence-corrected chi connectivity index (χ4v) is 2.54. The number of carbonyl (C=O) groups excluding carboxylic acids is 1. The topological polar surface area (TPSA) is 55.1 Å². The zero-order valence-corrected chi connectivity index (χ0v) is 11.9. The van der Waals surface area contributed by atoms with Crippen LogP contribution in [0, 0.1) is 11.6 Å². The van der Waals surface area contributed by atoms with Crippen LogP contribution in [0.3, 0.4) is 0 Å². The van der Waals surface area contributed by atoms with Crippen molar-refractivity contribution < 1.29 is 13.6 Å². The molecule has 2 aromatic rings. The molecule has 110 valence electrons. The van der Waals surface area contributed by atoms with Crippen LogP contribution in [-0.2, 0) is 4.79 Å². The van der Waals surface area contributed by atoms with Gasteiger partial charge in [0.15, 0.2) is 0 Å². The minimum Gasteiger partial charge on any atom is -0.397 e. The molecule has 0 aliphatic carbocycles. The summed E-state index contributed by atoms with van der Waals surface area (Å²) in [5.41, 5.74) is 6.76. The van der Waals surface area contributed by atoms with Gasteiger partial charge in [-0.15, -0.1) is 11.8 Å². The molecule has 0 radical (unpaired) electrons. The summed E-state index contributed by atoms with van der Waals surface area (Å²) < 4.78 is 26.1. The number of amides is 1. The van der Waals surface area contributed by atoms with Crippen LogP contribution in [0.2, 0.25) is 0 Å². The van der Waals surface area contributed by atoms with Gasteiger partial charge in [0.05, 0.1) is 11.4 Å². The Balaban J connectivity index is 1.83. The van der Waals surface area contributed by atoms with Gasteiger partial charge in [-0.05, 0) is 24.3 Å². The number of rotatable bonds is 5. The van der Waals surface area contributed by atoms with E-state index in [0.29, 0.717) is 22.0 Å². The lowest BCUT2D eigenvalue weighted by Gasteiger charge is -2.08. The van der Waals surface area contributed by atoms with Crippen LogP contribution >= 0.6 is 11.8 Å². The summed E-state index contributed by atoms with van der Waals surface area (Å²) in [6.45, 7) is 0. The standard InChI is InChI=1S/C15H14F2N2OS/c16-10-5-6-14(11(17)9-10)21-8-7-15(20)19-13-4-2-1-3-12(13)18/h1-6,9H,7-8,18H2,(H,19,20). The number of anilines is 2. The molecule has 0 aliphatic rings. The van der Waals surface area contributed by atoms with Gasteiger partial charge in [0.25, 0.3) is 0 Å². The number of benzene rings is 2. The van der Waals surface area contributed by atoms with Crippen LogP contribution in [0.25, 0.3) is 0 Å². The third-order valence-electron chi connectivity index (χ3n) is 2.72. The quantitative estimate of drug-likeness (QED) is 0.654. The SMILES string of the molecule is Nc1ccccc1NC(=O)CCSc1ccc(F)cc1F. The van der Waals surface area contributed by atoms with Gasteiger partial charge in [-0.1, -0.05) is 12.1 Å². The number of nitrogens with two attached hydrogens (primary N) is 1. The number of thioether (sulfide) groups is 1. The van der Waals surface area contributed by atoms with Crippen LogP contribution in [0.5, 0.6) is 0 Å². The van der Waals surface area contributed by atoms with Gasteiger partial charge in [0.2, 0.25) is 5.91 Å². The molecule has 0 fully saturated rings. The molecule has 6 heteroatoms. The lowest BCUT2D eigenvalue weighted by molar-refractivity contribution is -0.115. The molecule has 0 heterocycles. The highest BCUT2D eigenvalue weighted by molar-refractivity contribution is 7.99. The van der Waals surface area contributed by atoms with Crippen molar-refractivity contribution in [2.45, 2.75) is 11.3 Å². The van der Waals surface area contributed by atoms with Gasteiger partial charge < -0.3 is 11.1 Å². The Kier molecular flexibility index (Phi) is 5.16. The number of halogens is 2. The van der Waals surface area contributed by atoms with E-state index in [1.54, 1.807) is 24.3 Å².